The van der Waals surface area contributed by atoms with Crippen LogP contribution in [0, 0.1) is 29.1 Å². The smallest absolute Gasteiger partial charge is 0.212 e. The zero-order valence-electron chi connectivity index (χ0n) is 37.3. The molecule has 1 aromatic rings. The van der Waals surface area contributed by atoms with Crippen LogP contribution in [0.2, 0.25) is 0 Å². The summed E-state index contributed by atoms with van der Waals surface area (Å²) in [6.45, 7) is 0.952. The number of alkyl halides is 6. The molecule has 3 N–H and O–H groups in total. The van der Waals surface area contributed by atoms with Crippen LogP contribution in [0.1, 0.15) is 116 Å². The normalized spacial score (nSPS) is 15.2. The van der Waals surface area contributed by atoms with Gasteiger partial charge in [-0.2, -0.15) is 30.6 Å². The quantitative estimate of drug-likeness (QED) is 0.0427. The second-order valence-electron chi connectivity index (χ2n) is 15.5. The van der Waals surface area contributed by atoms with Gasteiger partial charge in [0.1, 0.15) is 0 Å². The SMILES string of the molecule is CCCCCCCCCCCCCCCCS(=O)(=O)NS(C)(=O)=O.CS(=O)(=O)NS(=O)(=O)C(F)(F)C(F)(F)C(F)(F)S(=O)(=O)N1CCCCC1.CS(=O)(=O)NS(=O)(=O)c1c(F)c(F)c(F)c(F)c1F. The number of hydrogen-bond acceptors (Lipinski definition) is 14. The number of benzene rings is 1. The van der Waals surface area contributed by atoms with Gasteiger partial charge in [0, 0.05) is 13.1 Å². The maximum absolute atomic E-state index is 13.9. The third kappa shape index (κ3) is 21.1. The van der Waals surface area contributed by atoms with Gasteiger partial charge in [-0.3, -0.25) is 0 Å². The Balaban J connectivity index is 0.00000102. The van der Waals surface area contributed by atoms with E-state index in [-0.39, 0.29) is 33.3 Å². The second kappa shape index (κ2) is 26.8. The van der Waals surface area contributed by atoms with Gasteiger partial charge in [0.25, 0.3) is 30.1 Å². The molecule has 0 unspecified atom stereocenters. The Bertz CT molecular complexity index is 2630. The average molecular weight is 1170 g/mol. The van der Waals surface area contributed by atoms with Gasteiger partial charge < -0.3 is 0 Å². The van der Waals surface area contributed by atoms with E-state index in [1.54, 1.807) is 4.13 Å². The van der Waals surface area contributed by atoms with Gasteiger partial charge in [-0.05, 0) is 19.3 Å². The number of rotatable bonds is 27. The first-order valence-corrected chi connectivity index (χ1v) is 32.0. The topological polar surface area (TPSA) is 278 Å². The summed E-state index contributed by atoms with van der Waals surface area (Å²) in [5.41, 5.74) is 0. The number of hydrogen-bond donors (Lipinski definition) is 3. The van der Waals surface area contributed by atoms with Gasteiger partial charge in [-0.1, -0.05) is 96.8 Å². The highest BCUT2D eigenvalue weighted by Gasteiger charge is 2.82. The number of nitrogens with one attached hydrogen (secondary N) is 3. The van der Waals surface area contributed by atoms with Crippen LogP contribution in [0.15, 0.2) is 4.90 Å². The molecule has 1 fully saturated rings. The van der Waals surface area contributed by atoms with E-state index in [1.165, 1.54) is 64.2 Å². The Morgan fingerprint density at radius 3 is 1.13 bits per heavy atom. The van der Waals surface area contributed by atoms with Gasteiger partial charge >= 0.3 is 16.4 Å². The summed E-state index contributed by atoms with van der Waals surface area (Å²) < 4.78 is 306. The summed E-state index contributed by atoms with van der Waals surface area (Å²) in [6.07, 6.45) is 18.3. The van der Waals surface area contributed by atoms with Crippen molar-refractivity contribution in [3.8, 4) is 0 Å². The van der Waals surface area contributed by atoms with Crippen molar-refractivity contribution < 1.29 is 107 Å². The van der Waals surface area contributed by atoms with Crippen LogP contribution in [-0.4, -0.2) is 117 Å². The van der Waals surface area contributed by atoms with Crippen molar-refractivity contribution >= 4 is 70.2 Å². The minimum Gasteiger partial charge on any atom is -0.212 e. The molecule has 1 heterocycles. The first-order valence-electron chi connectivity index (χ1n) is 20.3. The average Bonchev–Trinajstić information content (AvgIpc) is 3.17. The Labute approximate surface area is 396 Å². The van der Waals surface area contributed by atoms with Crippen molar-refractivity contribution in [1.29, 1.82) is 0 Å². The summed E-state index contributed by atoms with van der Waals surface area (Å²) in [5.74, 6) is -20.0. The van der Waals surface area contributed by atoms with E-state index < -0.39 is 134 Å². The molecule has 0 bridgehead atoms. The highest BCUT2D eigenvalue weighted by molar-refractivity contribution is 8.05. The van der Waals surface area contributed by atoms with Gasteiger partial charge in [0.05, 0.1) is 24.5 Å². The predicted octanol–water partition coefficient (Wildman–Crippen LogP) is 5.47. The molecule has 0 aliphatic carbocycles. The third-order valence-electron chi connectivity index (χ3n) is 9.05. The van der Waals surface area contributed by atoms with E-state index in [0.29, 0.717) is 19.1 Å². The maximum atomic E-state index is 13.9. The number of sulfonamides is 7. The van der Waals surface area contributed by atoms with Gasteiger partial charge in [-0.25, -0.2) is 80.9 Å². The molecule has 1 aromatic carbocycles. The Morgan fingerprint density at radius 2 is 0.783 bits per heavy atom. The highest BCUT2D eigenvalue weighted by atomic mass is 32.3. The van der Waals surface area contributed by atoms with Gasteiger partial charge in [-0.15, -0.1) is 12.4 Å². The molecular weight excluding hydrogens is 1110 g/mol. The minimum atomic E-state index is -6.98. The van der Waals surface area contributed by atoms with E-state index in [2.05, 4.69) is 6.92 Å². The fourth-order valence-electron chi connectivity index (χ4n) is 5.84. The lowest BCUT2D eigenvalue weighted by Gasteiger charge is -2.35. The summed E-state index contributed by atoms with van der Waals surface area (Å²) in [4.78, 5) is -2.27. The van der Waals surface area contributed by atoms with Crippen LogP contribution < -0.4 is 12.4 Å². The summed E-state index contributed by atoms with van der Waals surface area (Å²) in [7, 11) is -35.8. The largest absolute Gasteiger partial charge is 0.429 e. The Hall–Kier alpha value is -2.06. The lowest BCUT2D eigenvalue weighted by Crippen LogP contribution is -2.65. The molecule has 0 saturated carbocycles. The molecular formula is C33H55F11N4O14S7. The number of piperidine rings is 1. The van der Waals surface area contributed by atoms with Crippen molar-refractivity contribution in [2.45, 2.75) is 137 Å². The molecule has 1 aliphatic rings. The first kappa shape index (κ1) is 66.9. The molecule has 410 valence electrons. The monoisotopic (exact) mass is 1160 g/mol. The molecule has 0 spiro atoms. The van der Waals surface area contributed by atoms with Crippen LogP contribution in [0.3, 0.4) is 0 Å². The van der Waals surface area contributed by atoms with Crippen LogP contribution in [0.25, 0.3) is 0 Å². The van der Waals surface area contributed by atoms with E-state index in [0.717, 1.165) is 29.6 Å². The van der Waals surface area contributed by atoms with Crippen LogP contribution >= 0.6 is 0 Å². The molecule has 0 aromatic heterocycles. The fourth-order valence-corrected chi connectivity index (χ4v) is 15.2. The van der Waals surface area contributed by atoms with Gasteiger partial charge in [0.2, 0.25) is 45.9 Å². The predicted molar refractivity (Wildman–Crippen MR) is 230 cm³/mol. The van der Waals surface area contributed by atoms with Crippen molar-refractivity contribution in [2.75, 3.05) is 37.6 Å². The molecule has 18 nitrogen and oxygen atoms in total. The maximum Gasteiger partial charge on any atom is 0.429 e. The van der Waals surface area contributed by atoms with Crippen molar-refractivity contribution in [1.82, 2.24) is 16.7 Å². The standard InChI is InChI=1S/C17H37NO4S2.C9H14F6N2O6S3.C7H4F5NO4S2/c1-3-4-5-6-7-8-9-10-11-12-13-14-15-16-17-24(21,22)18-23(2,19)20;1-24(18,19)16-25(20,21)8(12,13)7(10,11)9(14,15)26(22,23)17-5-3-2-4-6-17;1-18(14,15)13-19(16,17)7-5(11)3(9)2(8)4(10)6(7)12/h18H,3-17H2,1-2H3;16H,2-6H2,1H3;13H,1H3. The second-order valence-corrected chi connectivity index (χ2v) is 28.6. The molecule has 0 radical (unpaired) electrons. The molecule has 0 amide bonds. The molecule has 69 heavy (non-hydrogen) atoms. The van der Waals surface area contributed by atoms with Crippen molar-refractivity contribution in [3.63, 3.8) is 0 Å². The number of halogens is 11. The van der Waals surface area contributed by atoms with Crippen LogP contribution in [0.4, 0.5) is 48.3 Å². The fraction of sp³-hybridized carbons (Fsp3) is 0.818. The third-order valence-corrected chi connectivity index (χ3v) is 20.1. The van der Waals surface area contributed by atoms with Crippen molar-refractivity contribution in [3.05, 3.63) is 29.1 Å². The Morgan fingerprint density at radius 1 is 0.449 bits per heavy atom. The zero-order valence-corrected chi connectivity index (χ0v) is 43.0. The van der Waals surface area contributed by atoms with E-state index in [4.69, 9.17) is 0 Å². The van der Waals surface area contributed by atoms with Gasteiger partial charge in [0.15, 0.2) is 28.2 Å². The van der Waals surface area contributed by atoms with E-state index in [1.807, 2.05) is 0 Å². The summed E-state index contributed by atoms with van der Waals surface area (Å²) >= 11 is 0. The highest BCUT2D eigenvalue weighted by Crippen LogP contribution is 2.51. The molecule has 1 saturated heterocycles. The lowest BCUT2D eigenvalue weighted by molar-refractivity contribution is -0.245. The Kier molecular flexibility index (Phi) is 26.0. The molecule has 36 heteroatoms. The first-order chi connectivity index (χ1) is 31.0. The molecule has 1 aliphatic heterocycles. The van der Waals surface area contributed by atoms with E-state index >= 15 is 0 Å². The number of unbranched alkanes of at least 4 members (excludes halogenated alkanes) is 13. The van der Waals surface area contributed by atoms with E-state index in [9.17, 15) is 107 Å². The van der Waals surface area contributed by atoms with Crippen LogP contribution in [0.5, 0.6) is 0 Å². The lowest BCUT2D eigenvalue weighted by atomic mass is 10.0. The molecule has 2 rings (SSSR count). The number of nitrogens with zero attached hydrogens (tertiary/aromatic N) is 1. The van der Waals surface area contributed by atoms with Crippen LogP contribution in [-0.2, 0) is 70.2 Å². The molecule has 0 atom stereocenters. The van der Waals surface area contributed by atoms with Crippen molar-refractivity contribution in [2.24, 2.45) is 0 Å². The summed E-state index contributed by atoms with van der Waals surface area (Å²) in [5, 5.41) is -13.3. The summed E-state index contributed by atoms with van der Waals surface area (Å²) in [6, 6.07) is 0. The zero-order chi connectivity index (χ0) is 54.3. The minimum absolute atomic E-state index is 0.00517.